The molecule has 0 fully saturated rings. The minimum atomic E-state index is 0.0867. The Labute approximate surface area is 201 Å². The molecule has 3 aromatic rings. The maximum atomic E-state index is 2.51. The van der Waals surface area contributed by atoms with Crippen LogP contribution < -0.4 is 0 Å². The van der Waals surface area contributed by atoms with Crippen molar-refractivity contribution in [1.82, 2.24) is 9.80 Å². The van der Waals surface area contributed by atoms with E-state index in [1.165, 1.54) is 59.1 Å². The summed E-state index contributed by atoms with van der Waals surface area (Å²) < 4.78 is 0. The molecule has 0 heterocycles. The highest BCUT2D eigenvalue weighted by Gasteiger charge is 2.42. The third-order valence-corrected chi connectivity index (χ3v) is 7.32. The predicted octanol–water partition coefficient (Wildman–Crippen LogP) is 6.92. The molecule has 0 atom stereocenters. The monoisotopic (exact) mass is 440 g/mol. The molecule has 4 rings (SSSR count). The van der Waals surface area contributed by atoms with Gasteiger partial charge in [-0.1, -0.05) is 65.7 Å². The van der Waals surface area contributed by atoms with Crippen LogP contribution in [0.15, 0.2) is 60.7 Å². The van der Waals surface area contributed by atoms with Crippen LogP contribution >= 0.6 is 0 Å². The zero-order valence-corrected chi connectivity index (χ0v) is 21.4. The summed E-state index contributed by atoms with van der Waals surface area (Å²) in [6.45, 7) is 6.66. The summed E-state index contributed by atoms with van der Waals surface area (Å²) in [5.74, 6) is 0. The normalized spacial score (nSPS) is 14.1. The van der Waals surface area contributed by atoms with Gasteiger partial charge in [0.05, 0.1) is 0 Å². The van der Waals surface area contributed by atoms with E-state index in [2.05, 4.69) is 113 Å². The molecule has 0 aromatic heterocycles. The Morgan fingerprint density at radius 3 is 1.64 bits per heavy atom. The van der Waals surface area contributed by atoms with Crippen LogP contribution in [0.1, 0.15) is 47.9 Å². The molecule has 1 aliphatic carbocycles. The minimum absolute atomic E-state index is 0.0867. The standard InChI is InChI=1S/C31H40N2/c1-23-9-12-25(13-10-23)26-14-16-28-27-15-11-24(2)21-29(27)31(30(28)22-26,17-7-19-32(3)4)18-8-20-33(5)6/h9-16,21-22H,7-8,17-20H2,1-6H3. The maximum absolute atomic E-state index is 2.51. The quantitative estimate of drug-likeness (QED) is 0.356. The first kappa shape index (κ1) is 23.7. The number of rotatable bonds is 9. The third-order valence-electron chi connectivity index (χ3n) is 7.32. The number of fused-ring (bicyclic) bond motifs is 3. The van der Waals surface area contributed by atoms with E-state index in [-0.39, 0.29) is 5.41 Å². The summed E-state index contributed by atoms with van der Waals surface area (Å²) in [6, 6.07) is 23.3. The zero-order valence-electron chi connectivity index (χ0n) is 21.4. The van der Waals surface area contributed by atoms with Crippen LogP contribution in [-0.2, 0) is 5.41 Å². The van der Waals surface area contributed by atoms with Gasteiger partial charge in [0.15, 0.2) is 0 Å². The first-order valence-electron chi connectivity index (χ1n) is 12.4. The molecule has 0 saturated carbocycles. The molecule has 0 amide bonds. The van der Waals surface area contributed by atoms with Crippen LogP contribution in [0.5, 0.6) is 0 Å². The van der Waals surface area contributed by atoms with Crippen LogP contribution in [0, 0.1) is 13.8 Å². The molecule has 1 aliphatic rings. The van der Waals surface area contributed by atoms with Crippen molar-refractivity contribution in [3.8, 4) is 22.3 Å². The van der Waals surface area contributed by atoms with E-state index in [1.807, 2.05) is 0 Å². The molecule has 0 radical (unpaired) electrons. The van der Waals surface area contributed by atoms with Crippen molar-refractivity contribution >= 4 is 0 Å². The predicted molar refractivity (Wildman–Crippen MR) is 143 cm³/mol. The summed E-state index contributed by atoms with van der Waals surface area (Å²) in [5.41, 5.74) is 11.4. The van der Waals surface area contributed by atoms with Crippen LogP contribution in [0.2, 0.25) is 0 Å². The molecule has 0 bridgehead atoms. The van der Waals surface area contributed by atoms with E-state index < -0.39 is 0 Å². The Balaban J connectivity index is 1.84. The average Bonchev–Trinajstić information content (AvgIpc) is 3.03. The van der Waals surface area contributed by atoms with Crippen LogP contribution in [-0.4, -0.2) is 51.1 Å². The number of hydrogen-bond donors (Lipinski definition) is 0. The molecular formula is C31H40N2. The van der Waals surface area contributed by atoms with Crippen molar-refractivity contribution in [3.05, 3.63) is 82.9 Å². The van der Waals surface area contributed by atoms with Crippen molar-refractivity contribution in [1.29, 1.82) is 0 Å². The molecule has 0 saturated heterocycles. The van der Waals surface area contributed by atoms with Crippen molar-refractivity contribution in [3.63, 3.8) is 0 Å². The van der Waals surface area contributed by atoms with Crippen LogP contribution in [0.3, 0.4) is 0 Å². The molecule has 33 heavy (non-hydrogen) atoms. The number of benzene rings is 3. The molecule has 0 spiro atoms. The van der Waals surface area contributed by atoms with Gasteiger partial charge in [0.1, 0.15) is 0 Å². The Kier molecular flexibility index (Phi) is 7.07. The van der Waals surface area contributed by atoms with Gasteiger partial charge in [-0.05, 0) is 120 Å². The van der Waals surface area contributed by atoms with Gasteiger partial charge in [-0.2, -0.15) is 0 Å². The number of aryl methyl sites for hydroxylation is 2. The molecule has 2 nitrogen and oxygen atoms in total. The van der Waals surface area contributed by atoms with Gasteiger partial charge in [0, 0.05) is 5.41 Å². The molecule has 3 aromatic carbocycles. The number of nitrogens with zero attached hydrogens (tertiary/aromatic N) is 2. The smallest absolute Gasteiger partial charge is 0.0216 e. The van der Waals surface area contributed by atoms with Crippen molar-refractivity contribution in [2.45, 2.75) is 44.9 Å². The average molecular weight is 441 g/mol. The highest BCUT2D eigenvalue weighted by Crippen LogP contribution is 2.54. The molecule has 0 N–H and O–H groups in total. The molecule has 0 aliphatic heterocycles. The van der Waals surface area contributed by atoms with E-state index in [0.717, 1.165) is 13.1 Å². The first-order valence-corrected chi connectivity index (χ1v) is 12.4. The van der Waals surface area contributed by atoms with E-state index in [4.69, 9.17) is 0 Å². The fourth-order valence-corrected chi connectivity index (χ4v) is 5.59. The Bertz CT molecular complexity index is 1080. The van der Waals surface area contributed by atoms with Gasteiger partial charge in [-0.15, -0.1) is 0 Å². The second kappa shape index (κ2) is 9.83. The fourth-order valence-electron chi connectivity index (χ4n) is 5.59. The lowest BCUT2D eigenvalue weighted by molar-refractivity contribution is 0.328. The van der Waals surface area contributed by atoms with E-state index in [0.29, 0.717) is 0 Å². The Morgan fingerprint density at radius 2 is 1.06 bits per heavy atom. The first-order chi connectivity index (χ1) is 15.8. The Hall–Kier alpha value is -2.42. The molecule has 0 unspecified atom stereocenters. The summed E-state index contributed by atoms with van der Waals surface area (Å²) in [6.07, 6.45) is 4.80. The maximum Gasteiger partial charge on any atom is 0.0216 e. The van der Waals surface area contributed by atoms with E-state index >= 15 is 0 Å². The molecule has 174 valence electrons. The van der Waals surface area contributed by atoms with Crippen molar-refractivity contribution in [2.75, 3.05) is 41.3 Å². The largest absolute Gasteiger partial charge is 0.309 e. The third kappa shape index (κ3) is 4.93. The van der Waals surface area contributed by atoms with Gasteiger partial charge >= 0.3 is 0 Å². The zero-order chi connectivity index (χ0) is 23.6. The van der Waals surface area contributed by atoms with Gasteiger partial charge in [-0.25, -0.2) is 0 Å². The summed E-state index contributed by atoms with van der Waals surface area (Å²) in [7, 11) is 8.76. The van der Waals surface area contributed by atoms with E-state index in [9.17, 15) is 0 Å². The lowest BCUT2D eigenvalue weighted by Crippen LogP contribution is -2.29. The lowest BCUT2D eigenvalue weighted by atomic mass is 9.70. The van der Waals surface area contributed by atoms with Crippen molar-refractivity contribution < 1.29 is 0 Å². The fraction of sp³-hybridized carbons (Fsp3) is 0.419. The van der Waals surface area contributed by atoms with Crippen molar-refractivity contribution in [2.24, 2.45) is 0 Å². The Morgan fingerprint density at radius 1 is 0.576 bits per heavy atom. The SMILES string of the molecule is Cc1ccc(-c2ccc3c(c2)C(CCCN(C)C)(CCCN(C)C)c2cc(C)ccc2-3)cc1. The van der Waals surface area contributed by atoms with Crippen LogP contribution in [0.4, 0.5) is 0 Å². The summed E-state index contributed by atoms with van der Waals surface area (Å²) in [4.78, 5) is 4.65. The topological polar surface area (TPSA) is 6.48 Å². The van der Waals surface area contributed by atoms with E-state index in [1.54, 1.807) is 11.1 Å². The summed E-state index contributed by atoms with van der Waals surface area (Å²) in [5, 5.41) is 0. The lowest BCUT2D eigenvalue weighted by Gasteiger charge is -2.34. The molecule has 2 heteroatoms. The second-order valence-corrected chi connectivity index (χ2v) is 10.6. The van der Waals surface area contributed by atoms with Gasteiger partial charge in [-0.3, -0.25) is 0 Å². The number of hydrogen-bond acceptors (Lipinski definition) is 2. The highest BCUT2D eigenvalue weighted by molar-refractivity contribution is 5.84. The minimum Gasteiger partial charge on any atom is -0.309 e. The van der Waals surface area contributed by atoms with Gasteiger partial charge in [0.2, 0.25) is 0 Å². The van der Waals surface area contributed by atoms with Gasteiger partial charge in [0.25, 0.3) is 0 Å². The van der Waals surface area contributed by atoms with Crippen LogP contribution in [0.25, 0.3) is 22.3 Å². The van der Waals surface area contributed by atoms with Gasteiger partial charge < -0.3 is 9.80 Å². The second-order valence-electron chi connectivity index (χ2n) is 10.6. The highest BCUT2D eigenvalue weighted by atomic mass is 15.1. The summed E-state index contributed by atoms with van der Waals surface area (Å²) >= 11 is 0. The molecular weight excluding hydrogens is 400 g/mol.